The van der Waals surface area contributed by atoms with Gasteiger partial charge in [-0.1, -0.05) is 30.3 Å². The van der Waals surface area contributed by atoms with Crippen molar-refractivity contribution in [3.8, 4) is 0 Å². The Morgan fingerprint density at radius 1 is 1.04 bits per heavy atom. The highest BCUT2D eigenvalue weighted by Gasteiger charge is 2.19. The number of likely N-dealkylation sites (N-methyl/N-ethyl adjacent to an activating group) is 1. The van der Waals surface area contributed by atoms with Gasteiger partial charge in [0.25, 0.3) is 0 Å². The van der Waals surface area contributed by atoms with Gasteiger partial charge in [0.2, 0.25) is 11.9 Å². The summed E-state index contributed by atoms with van der Waals surface area (Å²) in [5.74, 6) is 0.170. The van der Waals surface area contributed by atoms with E-state index in [1.54, 1.807) is 18.5 Å². The molecule has 0 aliphatic heterocycles. The van der Waals surface area contributed by atoms with Crippen molar-refractivity contribution in [2.75, 3.05) is 17.3 Å². The lowest BCUT2D eigenvalue weighted by Gasteiger charge is -2.26. The molecule has 0 aliphatic rings. The molecule has 1 atom stereocenters. The molecule has 0 saturated heterocycles. The average Bonchev–Trinajstić information content (AvgIpc) is 2.61. The van der Waals surface area contributed by atoms with Crippen molar-refractivity contribution in [3.05, 3.63) is 60.9 Å². The molecule has 1 amide bonds. The van der Waals surface area contributed by atoms with Crippen LogP contribution < -0.4 is 10.2 Å². The summed E-state index contributed by atoms with van der Waals surface area (Å²) in [5.41, 5.74) is 0.986. The molecule has 5 nitrogen and oxygen atoms in total. The van der Waals surface area contributed by atoms with Crippen LogP contribution in [0.2, 0.25) is 0 Å². The molecule has 0 spiro atoms. The Balaban J connectivity index is 1.77. The van der Waals surface area contributed by atoms with Gasteiger partial charge in [0.1, 0.15) is 6.04 Å². The van der Waals surface area contributed by atoms with Gasteiger partial charge in [-0.15, -0.1) is 0 Å². The topological polar surface area (TPSA) is 58.1 Å². The first-order chi connectivity index (χ1) is 11.1. The zero-order chi connectivity index (χ0) is 16.2. The molecule has 5 heteroatoms. The molecule has 1 unspecified atom stereocenters. The van der Waals surface area contributed by atoms with Crippen LogP contribution in [-0.4, -0.2) is 29.0 Å². The number of fused-ring (bicyclic) bond motifs is 1. The molecule has 0 fully saturated rings. The second-order valence-corrected chi connectivity index (χ2v) is 5.38. The largest absolute Gasteiger partial charge is 0.363 e. The van der Waals surface area contributed by atoms with Crippen molar-refractivity contribution in [1.82, 2.24) is 9.97 Å². The van der Waals surface area contributed by atoms with Crippen LogP contribution in [0, 0.1) is 0 Å². The smallest absolute Gasteiger partial charge is 0.249 e. The fourth-order valence-corrected chi connectivity index (χ4v) is 2.37. The zero-order valence-corrected chi connectivity index (χ0v) is 13.1. The lowest BCUT2D eigenvalue weighted by atomic mass is 10.1. The number of benzene rings is 2. The molecule has 1 heterocycles. The minimum Gasteiger partial charge on any atom is -0.363 e. The highest BCUT2D eigenvalue weighted by atomic mass is 16.2. The van der Waals surface area contributed by atoms with Crippen LogP contribution in [0.3, 0.4) is 0 Å². The normalized spacial score (nSPS) is 11.9. The summed E-state index contributed by atoms with van der Waals surface area (Å²) in [6, 6.07) is 15.7. The van der Waals surface area contributed by atoms with E-state index >= 15 is 0 Å². The standard InChI is InChI=1S/C18H18N4O/c1-13(17(23)21-18-19-10-5-11-20-18)22(2)16-9-8-14-6-3-4-7-15(14)12-16/h3-13H,1-2H3,(H,19,20,21,23). The summed E-state index contributed by atoms with van der Waals surface area (Å²) in [6.07, 6.45) is 3.20. The average molecular weight is 306 g/mol. The first-order valence-electron chi connectivity index (χ1n) is 7.44. The number of carbonyl (C=O) groups excluding carboxylic acids is 1. The Morgan fingerprint density at radius 2 is 1.74 bits per heavy atom. The maximum absolute atomic E-state index is 12.4. The maximum Gasteiger partial charge on any atom is 0.249 e. The molecule has 0 aliphatic carbocycles. The summed E-state index contributed by atoms with van der Waals surface area (Å²) in [7, 11) is 1.90. The highest BCUT2D eigenvalue weighted by molar-refractivity contribution is 5.95. The van der Waals surface area contributed by atoms with Gasteiger partial charge in [-0.2, -0.15) is 0 Å². The number of rotatable bonds is 4. The van der Waals surface area contributed by atoms with Gasteiger partial charge < -0.3 is 4.90 Å². The zero-order valence-electron chi connectivity index (χ0n) is 13.1. The third-order valence-corrected chi connectivity index (χ3v) is 3.90. The first kappa shape index (κ1) is 15.0. The Kier molecular flexibility index (Phi) is 4.19. The van der Waals surface area contributed by atoms with Gasteiger partial charge in [-0.3, -0.25) is 10.1 Å². The minimum absolute atomic E-state index is 0.146. The van der Waals surface area contributed by atoms with Crippen LogP contribution in [0.1, 0.15) is 6.92 Å². The predicted octanol–water partition coefficient (Wildman–Crippen LogP) is 3.09. The Labute approximate surface area is 135 Å². The Hall–Kier alpha value is -2.95. The number of anilines is 2. The van der Waals surface area contributed by atoms with Gasteiger partial charge >= 0.3 is 0 Å². The number of nitrogens with zero attached hydrogens (tertiary/aromatic N) is 3. The van der Waals surface area contributed by atoms with Crippen LogP contribution >= 0.6 is 0 Å². The van der Waals surface area contributed by atoms with Gasteiger partial charge in [-0.05, 0) is 35.9 Å². The van der Waals surface area contributed by atoms with Gasteiger partial charge in [-0.25, -0.2) is 9.97 Å². The second-order valence-electron chi connectivity index (χ2n) is 5.38. The second kappa shape index (κ2) is 6.44. The summed E-state index contributed by atoms with van der Waals surface area (Å²) < 4.78 is 0. The van der Waals surface area contributed by atoms with Crippen molar-refractivity contribution in [3.63, 3.8) is 0 Å². The van der Waals surface area contributed by atoms with E-state index < -0.39 is 0 Å². The van der Waals surface area contributed by atoms with E-state index in [-0.39, 0.29) is 11.9 Å². The fourth-order valence-electron chi connectivity index (χ4n) is 2.37. The molecule has 0 saturated carbocycles. The molecule has 3 rings (SSSR count). The van der Waals surface area contributed by atoms with E-state index in [1.165, 1.54) is 5.39 Å². The molecule has 3 aromatic rings. The summed E-state index contributed by atoms with van der Waals surface area (Å²) in [4.78, 5) is 22.3. The summed E-state index contributed by atoms with van der Waals surface area (Å²) in [5, 5.41) is 5.06. The maximum atomic E-state index is 12.4. The molecule has 116 valence electrons. The molecular formula is C18H18N4O. The van der Waals surface area contributed by atoms with Crippen molar-refractivity contribution in [2.24, 2.45) is 0 Å². The van der Waals surface area contributed by atoms with Gasteiger partial charge in [0.05, 0.1) is 0 Å². The quantitative estimate of drug-likeness (QED) is 0.804. The van der Waals surface area contributed by atoms with E-state index in [0.29, 0.717) is 5.95 Å². The molecular weight excluding hydrogens is 288 g/mol. The number of hydrogen-bond donors (Lipinski definition) is 1. The van der Waals surface area contributed by atoms with E-state index in [4.69, 9.17) is 0 Å². The van der Waals surface area contributed by atoms with Crippen LogP contribution in [0.4, 0.5) is 11.6 Å². The van der Waals surface area contributed by atoms with Crippen molar-refractivity contribution in [1.29, 1.82) is 0 Å². The lowest BCUT2D eigenvalue weighted by Crippen LogP contribution is -2.40. The van der Waals surface area contributed by atoms with E-state index in [2.05, 4.69) is 39.6 Å². The van der Waals surface area contributed by atoms with Gasteiger partial charge in [0, 0.05) is 25.1 Å². The van der Waals surface area contributed by atoms with E-state index in [9.17, 15) is 4.79 Å². The molecule has 1 N–H and O–H groups in total. The number of carbonyl (C=O) groups is 1. The molecule has 1 aromatic heterocycles. The minimum atomic E-state index is -0.347. The Morgan fingerprint density at radius 3 is 2.48 bits per heavy atom. The molecule has 2 aromatic carbocycles. The third-order valence-electron chi connectivity index (χ3n) is 3.90. The van der Waals surface area contributed by atoms with Crippen LogP contribution in [0.25, 0.3) is 10.8 Å². The van der Waals surface area contributed by atoms with Crippen LogP contribution in [0.15, 0.2) is 60.9 Å². The number of amides is 1. The molecule has 0 bridgehead atoms. The number of aromatic nitrogens is 2. The summed E-state index contributed by atoms with van der Waals surface area (Å²) >= 11 is 0. The van der Waals surface area contributed by atoms with Crippen LogP contribution in [0.5, 0.6) is 0 Å². The molecule has 23 heavy (non-hydrogen) atoms. The predicted molar refractivity (Wildman–Crippen MR) is 92.5 cm³/mol. The first-order valence-corrected chi connectivity index (χ1v) is 7.44. The van der Waals surface area contributed by atoms with Crippen molar-refractivity contribution >= 4 is 28.3 Å². The van der Waals surface area contributed by atoms with Gasteiger partial charge in [0.15, 0.2) is 0 Å². The number of hydrogen-bond acceptors (Lipinski definition) is 4. The number of nitrogens with one attached hydrogen (secondary N) is 1. The van der Waals surface area contributed by atoms with E-state index in [0.717, 1.165) is 11.1 Å². The monoisotopic (exact) mass is 306 g/mol. The SMILES string of the molecule is CC(C(=O)Nc1ncccn1)N(C)c1ccc2ccccc2c1. The molecule has 0 radical (unpaired) electrons. The van der Waals surface area contributed by atoms with Crippen molar-refractivity contribution in [2.45, 2.75) is 13.0 Å². The lowest BCUT2D eigenvalue weighted by molar-refractivity contribution is -0.117. The van der Waals surface area contributed by atoms with Crippen LogP contribution in [-0.2, 0) is 4.79 Å². The highest BCUT2D eigenvalue weighted by Crippen LogP contribution is 2.22. The Bertz CT molecular complexity index is 819. The fraction of sp³-hybridized carbons (Fsp3) is 0.167. The van der Waals surface area contributed by atoms with E-state index in [1.807, 2.05) is 37.1 Å². The van der Waals surface area contributed by atoms with Crippen molar-refractivity contribution < 1.29 is 4.79 Å². The summed E-state index contributed by atoms with van der Waals surface area (Å²) in [6.45, 7) is 1.85. The third kappa shape index (κ3) is 3.29.